The minimum Gasteiger partial charge on any atom is -0.484 e. The van der Waals surface area contributed by atoms with Gasteiger partial charge in [-0.3, -0.25) is 14.5 Å². The van der Waals surface area contributed by atoms with Crippen molar-refractivity contribution in [2.24, 2.45) is 0 Å². The first-order chi connectivity index (χ1) is 14.2. The van der Waals surface area contributed by atoms with Crippen LogP contribution in [0.15, 0.2) is 48.5 Å². The van der Waals surface area contributed by atoms with Gasteiger partial charge in [0.15, 0.2) is 12.4 Å². The predicted octanol–water partition coefficient (Wildman–Crippen LogP) is 2.81. The van der Waals surface area contributed by atoms with Gasteiger partial charge >= 0.3 is 0 Å². The maximum absolute atomic E-state index is 12.2. The molecule has 0 atom stereocenters. The molecule has 0 aliphatic carbocycles. The quantitative estimate of drug-likeness (QED) is 0.660. The van der Waals surface area contributed by atoms with E-state index in [-0.39, 0.29) is 18.3 Å². The number of carbonyl (C=O) groups is 2. The van der Waals surface area contributed by atoms with Crippen molar-refractivity contribution in [3.05, 3.63) is 65.2 Å². The van der Waals surface area contributed by atoms with Crippen molar-refractivity contribution in [1.29, 1.82) is 0 Å². The van der Waals surface area contributed by atoms with Gasteiger partial charge < -0.3 is 14.8 Å². The molecular weight excluding hydrogens is 368 g/mol. The van der Waals surface area contributed by atoms with Crippen molar-refractivity contribution in [3.63, 3.8) is 0 Å². The van der Waals surface area contributed by atoms with E-state index < -0.39 is 0 Å². The number of nitrogens with one attached hydrogen (secondary N) is 1. The normalized spacial score (nSPS) is 14.4. The fourth-order valence-corrected chi connectivity index (χ4v) is 3.22. The molecule has 0 aromatic heterocycles. The van der Waals surface area contributed by atoms with Crippen molar-refractivity contribution in [1.82, 2.24) is 10.2 Å². The second kappa shape index (κ2) is 10.7. The number of rotatable bonds is 9. The van der Waals surface area contributed by atoms with E-state index in [1.54, 1.807) is 24.3 Å². The van der Waals surface area contributed by atoms with E-state index in [1.807, 2.05) is 25.1 Å². The van der Waals surface area contributed by atoms with Crippen LogP contribution in [0.25, 0.3) is 0 Å². The number of amides is 1. The molecule has 154 valence electrons. The summed E-state index contributed by atoms with van der Waals surface area (Å²) in [4.78, 5) is 26.2. The van der Waals surface area contributed by atoms with Gasteiger partial charge in [0.25, 0.3) is 5.91 Å². The monoisotopic (exact) mass is 396 g/mol. The second-order valence-electron chi connectivity index (χ2n) is 7.02. The van der Waals surface area contributed by atoms with Gasteiger partial charge in [-0.15, -0.1) is 0 Å². The van der Waals surface area contributed by atoms with E-state index >= 15 is 0 Å². The van der Waals surface area contributed by atoms with Crippen molar-refractivity contribution < 1.29 is 19.1 Å². The first-order valence-corrected chi connectivity index (χ1v) is 10.1. The lowest BCUT2D eigenvalue weighted by molar-refractivity contribution is -0.123. The second-order valence-corrected chi connectivity index (χ2v) is 7.02. The molecular formula is C23H28N2O4. The minimum absolute atomic E-state index is 0.0628. The number of benzene rings is 2. The standard InChI is InChI=1S/C23H28N2O4/c1-2-22(26)18-7-9-21(10-8-18)29-17-23(27)24-15-19-5-3-4-6-20(19)16-25-11-13-28-14-12-25/h3-10H,2,11-17H2,1H3,(H,24,27). The molecule has 0 radical (unpaired) electrons. The van der Waals surface area contributed by atoms with E-state index in [1.165, 1.54) is 5.56 Å². The number of hydrogen-bond donors (Lipinski definition) is 1. The third kappa shape index (κ3) is 6.41. The Hall–Kier alpha value is -2.70. The van der Waals surface area contributed by atoms with Crippen LogP contribution in [0.4, 0.5) is 0 Å². The largest absolute Gasteiger partial charge is 0.484 e. The van der Waals surface area contributed by atoms with Crippen LogP contribution >= 0.6 is 0 Å². The summed E-state index contributed by atoms with van der Waals surface area (Å²) in [6.45, 7) is 6.48. The van der Waals surface area contributed by atoms with Gasteiger partial charge in [0.05, 0.1) is 13.2 Å². The van der Waals surface area contributed by atoms with Crippen molar-refractivity contribution >= 4 is 11.7 Å². The Morgan fingerprint density at radius 3 is 2.41 bits per heavy atom. The lowest BCUT2D eigenvalue weighted by atomic mass is 10.1. The van der Waals surface area contributed by atoms with Crippen molar-refractivity contribution in [2.75, 3.05) is 32.9 Å². The molecule has 0 bridgehead atoms. The first kappa shape index (κ1) is 21.0. The lowest BCUT2D eigenvalue weighted by Gasteiger charge is -2.27. The average molecular weight is 396 g/mol. The molecule has 1 aliphatic heterocycles. The van der Waals surface area contributed by atoms with Gasteiger partial charge in [-0.05, 0) is 35.4 Å². The smallest absolute Gasteiger partial charge is 0.258 e. The molecule has 29 heavy (non-hydrogen) atoms. The Kier molecular flexibility index (Phi) is 7.78. The maximum atomic E-state index is 12.2. The van der Waals surface area contributed by atoms with Crippen molar-refractivity contribution in [2.45, 2.75) is 26.4 Å². The van der Waals surface area contributed by atoms with Gasteiger partial charge in [0.2, 0.25) is 0 Å². The SMILES string of the molecule is CCC(=O)c1ccc(OCC(=O)NCc2ccccc2CN2CCOCC2)cc1. The highest BCUT2D eigenvalue weighted by molar-refractivity contribution is 5.95. The summed E-state index contributed by atoms with van der Waals surface area (Å²) < 4.78 is 10.9. The molecule has 1 N–H and O–H groups in total. The van der Waals surface area contributed by atoms with Gasteiger partial charge in [-0.1, -0.05) is 31.2 Å². The molecule has 1 fully saturated rings. The number of morpholine rings is 1. The first-order valence-electron chi connectivity index (χ1n) is 10.1. The number of Topliss-reactive ketones (excluding diaryl/α,β-unsaturated/α-hetero) is 1. The van der Waals surface area contributed by atoms with Crippen LogP contribution < -0.4 is 10.1 Å². The molecule has 1 aliphatic rings. The Morgan fingerprint density at radius 2 is 1.72 bits per heavy atom. The molecule has 2 aromatic rings. The zero-order chi connectivity index (χ0) is 20.5. The van der Waals surface area contributed by atoms with Crippen LogP contribution in [0.3, 0.4) is 0 Å². The summed E-state index contributed by atoms with van der Waals surface area (Å²) >= 11 is 0. The zero-order valence-electron chi connectivity index (χ0n) is 16.9. The molecule has 2 aromatic carbocycles. The van der Waals surface area contributed by atoms with Gasteiger partial charge in [0, 0.05) is 38.2 Å². The predicted molar refractivity (Wildman–Crippen MR) is 111 cm³/mol. The molecule has 6 heteroatoms. The third-order valence-electron chi connectivity index (χ3n) is 4.96. The van der Waals surface area contributed by atoms with Crippen molar-refractivity contribution in [3.8, 4) is 5.75 Å². The summed E-state index contributed by atoms with van der Waals surface area (Å²) in [7, 11) is 0. The van der Waals surface area contributed by atoms with Crippen LogP contribution in [-0.4, -0.2) is 49.5 Å². The third-order valence-corrected chi connectivity index (χ3v) is 4.96. The van der Waals surface area contributed by atoms with Gasteiger partial charge in [-0.2, -0.15) is 0 Å². The summed E-state index contributed by atoms with van der Waals surface area (Å²) in [6, 6.07) is 15.0. The van der Waals surface area contributed by atoms with E-state index in [9.17, 15) is 9.59 Å². The molecule has 3 rings (SSSR count). The fourth-order valence-electron chi connectivity index (χ4n) is 3.22. The van der Waals surface area contributed by atoms with E-state index in [2.05, 4.69) is 16.3 Å². The Bertz CT molecular complexity index is 814. The summed E-state index contributed by atoms with van der Waals surface area (Å²) in [5.74, 6) is 0.477. The Labute approximate surface area is 171 Å². The molecule has 0 saturated carbocycles. The molecule has 1 heterocycles. The number of ketones is 1. The van der Waals surface area contributed by atoms with Crippen LogP contribution in [0.5, 0.6) is 5.75 Å². The highest BCUT2D eigenvalue weighted by atomic mass is 16.5. The number of carbonyl (C=O) groups excluding carboxylic acids is 2. The van der Waals surface area contributed by atoms with Crippen LogP contribution in [0.2, 0.25) is 0 Å². The van der Waals surface area contributed by atoms with E-state index in [0.717, 1.165) is 38.4 Å². The number of hydrogen-bond acceptors (Lipinski definition) is 5. The highest BCUT2D eigenvalue weighted by Gasteiger charge is 2.13. The maximum Gasteiger partial charge on any atom is 0.258 e. The molecule has 1 saturated heterocycles. The fraction of sp³-hybridized carbons (Fsp3) is 0.391. The summed E-state index contributed by atoms with van der Waals surface area (Å²) in [6.07, 6.45) is 0.468. The number of ether oxygens (including phenoxy) is 2. The molecule has 6 nitrogen and oxygen atoms in total. The summed E-state index contributed by atoms with van der Waals surface area (Å²) in [5, 5.41) is 2.92. The van der Waals surface area contributed by atoms with Crippen LogP contribution in [0, 0.1) is 0 Å². The average Bonchev–Trinajstić information content (AvgIpc) is 2.77. The molecule has 1 amide bonds. The topological polar surface area (TPSA) is 67.9 Å². The number of nitrogens with zero attached hydrogens (tertiary/aromatic N) is 1. The Balaban J connectivity index is 1.47. The van der Waals surface area contributed by atoms with E-state index in [0.29, 0.717) is 24.3 Å². The molecule has 0 spiro atoms. The minimum atomic E-state index is -0.181. The highest BCUT2D eigenvalue weighted by Crippen LogP contribution is 2.14. The van der Waals surface area contributed by atoms with Crippen LogP contribution in [-0.2, 0) is 22.6 Å². The van der Waals surface area contributed by atoms with Crippen LogP contribution in [0.1, 0.15) is 34.8 Å². The van der Waals surface area contributed by atoms with E-state index in [4.69, 9.17) is 9.47 Å². The summed E-state index contributed by atoms with van der Waals surface area (Å²) in [5.41, 5.74) is 2.97. The zero-order valence-corrected chi connectivity index (χ0v) is 16.9. The lowest BCUT2D eigenvalue weighted by Crippen LogP contribution is -2.36. The molecule has 0 unspecified atom stereocenters. The van der Waals surface area contributed by atoms with Gasteiger partial charge in [-0.25, -0.2) is 0 Å². The Morgan fingerprint density at radius 1 is 1.03 bits per heavy atom. The van der Waals surface area contributed by atoms with Gasteiger partial charge in [0.1, 0.15) is 5.75 Å².